The molecule has 0 saturated carbocycles. The molecule has 1 saturated heterocycles. The van der Waals surface area contributed by atoms with Gasteiger partial charge in [-0.3, -0.25) is 0 Å². The molecule has 0 amide bonds. The van der Waals surface area contributed by atoms with E-state index >= 15 is 0 Å². The molecule has 5 nitrogen and oxygen atoms in total. The van der Waals surface area contributed by atoms with Crippen LogP contribution in [0.3, 0.4) is 0 Å². The molecule has 17 heavy (non-hydrogen) atoms. The molecular formula is C12H16N4O. The van der Waals surface area contributed by atoms with Gasteiger partial charge in [0.1, 0.15) is 6.07 Å². The van der Waals surface area contributed by atoms with Crippen molar-refractivity contribution >= 4 is 5.95 Å². The molecule has 0 atom stereocenters. The summed E-state index contributed by atoms with van der Waals surface area (Å²) in [4.78, 5) is 11.0. The van der Waals surface area contributed by atoms with Crippen molar-refractivity contribution in [1.82, 2.24) is 9.97 Å². The smallest absolute Gasteiger partial charge is 0.228 e. The Hall–Kier alpha value is -1.83. The number of hydrogen-bond donors (Lipinski definition) is 0. The van der Waals surface area contributed by atoms with Crippen LogP contribution in [0, 0.1) is 25.2 Å². The van der Waals surface area contributed by atoms with Crippen LogP contribution in [-0.2, 0) is 0 Å². The van der Waals surface area contributed by atoms with Crippen molar-refractivity contribution in [2.24, 2.45) is 0 Å². The van der Waals surface area contributed by atoms with Crippen LogP contribution >= 0.6 is 0 Å². The Morgan fingerprint density at radius 1 is 1.29 bits per heavy atom. The van der Waals surface area contributed by atoms with E-state index in [9.17, 15) is 0 Å². The minimum Gasteiger partial charge on any atom is -0.462 e. The van der Waals surface area contributed by atoms with Crippen LogP contribution in [-0.4, -0.2) is 29.7 Å². The molecule has 0 aliphatic carbocycles. The summed E-state index contributed by atoms with van der Waals surface area (Å²) < 4.78 is 5.33. The number of nitrogens with zero attached hydrogens (tertiary/aromatic N) is 4. The summed E-state index contributed by atoms with van der Waals surface area (Å²) in [7, 11) is 0. The van der Waals surface area contributed by atoms with Gasteiger partial charge >= 0.3 is 0 Å². The molecule has 0 unspecified atom stereocenters. The second-order valence-corrected chi connectivity index (χ2v) is 4.18. The molecule has 5 heteroatoms. The molecule has 1 aromatic rings. The molecule has 90 valence electrons. The maximum absolute atomic E-state index is 8.54. The lowest BCUT2D eigenvalue weighted by Gasteiger charge is -2.17. The van der Waals surface area contributed by atoms with Crippen molar-refractivity contribution in [2.75, 3.05) is 24.6 Å². The van der Waals surface area contributed by atoms with Crippen molar-refractivity contribution in [2.45, 2.75) is 26.7 Å². The topological polar surface area (TPSA) is 62.0 Å². The van der Waals surface area contributed by atoms with Gasteiger partial charge in [-0.2, -0.15) is 10.2 Å². The molecule has 0 radical (unpaired) electrons. The minimum atomic E-state index is 0.0245. The zero-order chi connectivity index (χ0) is 12.3. The highest BCUT2D eigenvalue weighted by molar-refractivity contribution is 5.40. The normalized spacial score (nSPS) is 14.8. The average molecular weight is 232 g/mol. The first-order valence-electron chi connectivity index (χ1n) is 5.82. The number of hydrogen-bond acceptors (Lipinski definition) is 5. The standard InChI is InChI=1S/C12H16N4O/c1-9-10(2)14-12(16-6-3-4-7-16)15-11(9)17-8-5-13/h3-4,6-8H2,1-2H3. The summed E-state index contributed by atoms with van der Waals surface area (Å²) in [5.74, 6) is 1.25. The largest absolute Gasteiger partial charge is 0.462 e. The first-order valence-corrected chi connectivity index (χ1v) is 5.82. The Labute approximate surface area is 101 Å². The summed E-state index contributed by atoms with van der Waals surface area (Å²) in [6.45, 7) is 5.88. The minimum absolute atomic E-state index is 0.0245. The summed E-state index contributed by atoms with van der Waals surface area (Å²) in [6, 6.07) is 1.96. The van der Waals surface area contributed by atoms with Crippen molar-refractivity contribution < 1.29 is 4.74 Å². The number of rotatable bonds is 3. The monoisotopic (exact) mass is 232 g/mol. The van der Waals surface area contributed by atoms with Crippen LogP contribution in [0.15, 0.2) is 0 Å². The molecule has 1 fully saturated rings. The fraction of sp³-hybridized carbons (Fsp3) is 0.583. The Bertz CT molecular complexity index is 447. The molecule has 0 aromatic carbocycles. The predicted octanol–water partition coefficient (Wildman–Crippen LogP) is 1.60. The molecule has 0 N–H and O–H groups in total. The van der Waals surface area contributed by atoms with Gasteiger partial charge in [0.25, 0.3) is 0 Å². The van der Waals surface area contributed by atoms with Crippen LogP contribution in [0.1, 0.15) is 24.1 Å². The third-order valence-electron chi connectivity index (χ3n) is 3.00. The lowest BCUT2D eigenvalue weighted by atomic mass is 10.2. The lowest BCUT2D eigenvalue weighted by Crippen LogP contribution is -2.21. The second kappa shape index (κ2) is 5.00. The summed E-state index contributed by atoms with van der Waals surface area (Å²) in [6.07, 6.45) is 2.37. The van der Waals surface area contributed by atoms with Crippen molar-refractivity contribution in [3.63, 3.8) is 0 Å². The number of nitriles is 1. The van der Waals surface area contributed by atoms with Gasteiger partial charge in [-0.15, -0.1) is 0 Å². The van der Waals surface area contributed by atoms with E-state index in [1.807, 2.05) is 19.9 Å². The Morgan fingerprint density at radius 3 is 2.65 bits per heavy atom. The SMILES string of the molecule is Cc1nc(N2CCCC2)nc(OCC#N)c1C. The Kier molecular flexibility index (Phi) is 3.43. The quantitative estimate of drug-likeness (QED) is 0.792. The highest BCUT2D eigenvalue weighted by Gasteiger charge is 2.18. The third kappa shape index (κ3) is 2.47. The highest BCUT2D eigenvalue weighted by atomic mass is 16.5. The van der Waals surface area contributed by atoms with Gasteiger partial charge in [0.05, 0.1) is 0 Å². The van der Waals surface area contributed by atoms with Crippen molar-refractivity contribution in [1.29, 1.82) is 5.26 Å². The Morgan fingerprint density at radius 2 is 2.00 bits per heavy atom. The Balaban J connectivity index is 2.28. The molecule has 2 rings (SSSR count). The summed E-state index contributed by atoms with van der Waals surface area (Å²) >= 11 is 0. The number of aromatic nitrogens is 2. The molecule has 1 aliphatic heterocycles. The van der Waals surface area contributed by atoms with E-state index in [0.29, 0.717) is 5.88 Å². The van der Waals surface area contributed by atoms with Gasteiger partial charge in [0, 0.05) is 24.3 Å². The zero-order valence-corrected chi connectivity index (χ0v) is 10.2. The van der Waals surface area contributed by atoms with Gasteiger partial charge in [-0.05, 0) is 26.7 Å². The van der Waals surface area contributed by atoms with Gasteiger partial charge in [0.2, 0.25) is 11.8 Å². The fourth-order valence-electron chi connectivity index (χ4n) is 1.89. The third-order valence-corrected chi connectivity index (χ3v) is 3.00. The first-order chi connectivity index (χ1) is 8.22. The number of anilines is 1. The van der Waals surface area contributed by atoms with E-state index in [1.54, 1.807) is 0 Å². The van der Waals surface area contributed by atoms with Gasteiger partial charge in [-0.25, -0.2) is 4.98 Å². The molecule has 0 bridgehead atoms. The van der Waals surface area contributed by atoms with E-state index in [2.05, 4.69) is 14.9 Å². The predicted molar refractivity (Wildman–Crippen MR) is 64.1 cm³/mol. The van der Waals surface area contributed by atoms with E-state index in [0.717, 1.165) is 30.3 Å². The van der Waals surface area contributed by atoms with Gasteiger partial charge in [0.15, 0.2) is 6.61 Å². The molecule has 1 aliphatic rings. The van der Waals surface area contributed by atoms with Crippen LogP contribution < -0.4 is 9.64 Å². The number of aryl methyl sites for hydroxylation is 1. The maximum atomic E-state index is 8.54. The van der Waals surface area contributed by atoms with Gasteiger partial charge in [-0.1, -0.05) is 0 Å². The summed E-state index contributed by atoms with van der Waals surface area (Å²) in [5.41, 5.74) is 1.82. The summed E-state index contributed by atoms with van der Waals surface area (Å²) in [5, 5.41) is 8.54. The van der Waals surface area contributed by atoms with E-state index < -0.39 is 0 Å². The van der Waals surface area contributed by atoms with E-state index in [4.69, 9.17) is 10.00 Å². The van der Waals surface area contributed by atoms with E-state index in [1.165, 1.54) is 12.8 Å². The fourth-order valence-corrected chi connectivity index (χ4v) is 1.89. The van der Waals surface area contributed by atoms with Crippen LogP contribution in [0.2, 0.25) is 0 Å². The molecule has 2 heterocycles. The molecule has 1 aromatic heterocycles. The van der Waals surface area contributed by atoms with Crippen LogP contribution in [0.25, 0.3) is 0 Å². The number of ether oxygens (including phenoxy) is 1. The van der Waals surface area contributed by atoms with Crippen LogP contribution in [0.5, 0.6) is 5.88 Å². The lowest BCUT2D eigenvalue weighted by molar-refractivity contribution is 0.349. The van der Waals surface area contributed by atoms with E-state index in [-0.39, 0.29) is 6.61 Å². The van der Waals surface area contributed by atoms with Crippen molar-refractivity contribution in [3.8, 4) is 11.9 Å². The first kappa shape index (κ1) is 11.6. The molecule has 0 spiro atoms. The maximum Gasteiger partial charge on any atom is 0.228 e. The average Bonchev–Trinajstić information content (AvgIpc) is 2.84. The zero-order valence-electron chi connectivity index (χ0n) is 10.2. The highest BCUT2D eigenvalue weighted by Crippen LogP contribution is 2.23. The van der Waals surface area contributed by atoms with Crippen LogP contribution in [0.4, 0.5) is 5.95 Å². The molecular weight excluding hydrogens is 216 g/mol. The van der Waals surface area contributed by atoms with Crippen molar-refractivity contribution in [3.05, 3.63) is 11.3 Å². The second-order valence-electron chi connectivity index (χ2n) is 4.18. The van der Waals surface area contributed by atoms with Gasteiger partial charge < -0.3 is 9.64 Å².